The summed E-state index contributed by atoms with van der Waals surface area (Å²) < 4.78 is 4.26. The first-order chi connectivity index (χ1) is 3.72. The van der Waals surface area contributed by atoms with Crippen LogP contribution in [-0.4, -0.2) is 19.7 Å². The quantitative estimate of drug-likeness (QED) is 0.486. The summed E-state index contributed by atoms with van der Waals surface area (Å²) in [5.41, 5.74) is 0. The van der Waals surface area contributed by atoms with Crippen LogP contribution in [0.15, 0.2) is 0 Å². The van der Waals surface area contributed by atoms with Crippen LogP contribution in [0.4, 0.5) is 0 Å². The van der Waals surface area contributed by atoms with Gasteiger partial charge in [-0.3, -0.25) is 4.79 Å². The van der Waals surface area contributed by atoms with Gasteiger partial charge in [0.1, 0.15) is 0 Å². The second-order valence-corrected chi connectivity index (χ2v) is 1.59. The van der Waals surface area contributed by atoms with Crippen LogP contribution in [0.25, 0.3) is 0 Å². The normalized spacial score (nSPS) is 12.9. The molecule has 1 radical (unpaired) electrons. The van der Waals surface area contributed by atoms with E-state index >= 15 is 0 Å². The first kappa shape index (κ1) is 7.43. The molecule has 0 saturated carbocycles. The lowest BCUT2D eigenvalue weighted by Gasteiger charge is -2.00. The minimum Gasteiger partial charge on any atom is -0.469 e. The monoisotopic (exact) mass is 117 g/mol. The van der Waals surface area contributed by atoms with Gasteiger partial charge in [0.05, 0.1) is 19.6 Å². The van der Waals surface area contributed by atoms with Gasteiger partial charge in [-0.1, -0.05) is 0 Å². The molecule has 1 atom stereocenters. The maximum absolute atomic E-state index is 10.3. The average molecular weight is 117 g/mol. The molecule has 0 N–H and O–H groups in total. The Hall–Kier alpha value is -0.570. The third kappa shape index (κ3) is 1.93. The molecule has 0 saturated heterocycles. The predicted molar refractivity (Wildman–Crippen MR) is 26.7 cm³/mol. The maximum Gasteiger partial charge on any atom is 0.310 e. The van der Waals surface area contributed by atoms with Crippen molar-refractivity contribution in [3.63, 3.8) is 0 Å². The van der Waals surface area contributed by atoms with Gasteiger partial charge in [0.2, 0.25) is 0 Å². The number of esters is 1. The lowest BCUT2D eigenvalue weighted by Crippen LogP contribution is -2.15. The SMILES string of the molecule is COC(=O)C(C)C[O]. The number of hydrogen-bond acceptors (Lipinski definition) is 2. The zero-order valence-electron chi connectivity index (χ0n) is 5.01. The Bertz CT molecular complexity index is 79.7. The molecule has 0 rings (SSSR count). The first-order valence-corrected chi connectivity index (χ1v) is 2.38. The molecule has 0 bridgehead atoms. The maximum atomic E-state index is 10.3. The molecule has 0 amide bonds. The van der Waals surface area contributed by atoms with Gasteiger partial charge >= 0.3 is 5.97 Å². The molecule has 0 heterocycles. The minimum absolute atomic E-state index is 0.396. The lowest BCUT2D eigenvalue weighted by atomic mass is 10.2. The molecule has 0 aromatic carbocycles. The Kier molecular flexibility index (Phi) is 3.19. The fraction of sp³-hybridized carbons (Fsp3) is 0.800. The van der Waals surface area contributed by atoms with Crippen molar-refractivity contribution in [1.29, 1.82) is 0 Å². The van der Waals surface area contributed by atoms with E-state index in [9.17, 15) is 9.90 Å². The highest BCUT2D eigenvalue weighted by Gasteiger charge is 2.10. The van der Waals surface area contributed by atoms with Crippen LogP contribution >= 0.6 is 0 Å². The van der Waals surface area contributed by atoms with Gasteiger partial charge in [0, 0.05) is 0 Å². The molecular formula is C5H9O3. The minimum atomic E-state index is -0.500. The molecule has 8 heavy (non-hydrogen) atoms. The molecule has 0 aliphatic rings. The summed E-state index contributed by atoms with van der Waals surface area (Å²) in [7, 11) is 1.27. The molecule has 0 aromatic heterocycles. The highest BCUT2D eigenvalue weighted by molar-refractivity contribution is 5.71. The van der Waals surface area contributed by atoms with E-state index in [-0.39, 0.29) is 0 Å². The second kappa shape index (κ2) is 3.43. The molecule has 1 unspecified atom stereocenters. The van der Waals surface area contributed by atoms with Crippen molar-refractivity contribution in [3.8, 4) is 0 Å². The van der Waals surface area contributed by atoms with Gasteiger partial charge in [-0.2, -0.15) is 0 Å². The Balaban J connectivity index is 3.46. The summed E-state index contributed by atoms with van der Waals surface area (Å²) in [6.07, 6.45) is 0. The summed E-state index contributed by atoms with van der Waals surface area (Å²) in [5, 5.41) is 9.93. The summed E-state index contributed by atoms with van der Waals surface area (Å²) in [4.78, 5) is 10.3. The van der Waals surface area contributed by atoms with Crippen LogP contribution in [0.1, 0.15) is 6.92 Å². The molecule has 3 nitrogen and oxygen atoms in total. The van der Waals surface area contributed by atoms with Crippen molar-refractivity contribution >= 4 is 5.97 Å². The molecule has 0 aliphatic heterocycles. The van der Waals surface area contributed by atoms with E-state index in [1.165, 1.54) is 7.11 Å². The summed E-state index contributed by atoms with van der Waals surface area (Å²) in [6, 6.07) is 0. The third-order valence-electron chi connectivity index (χ3n) is 0.854. The van der Waals surface area contributed by atoms with Crippen molar-refractivity contribution in [2.75, 3.05) is 13.7 Å². The van der Waals surface area contributed by atoms with Gasteiger partial charge in [-0.15, -0.1) is 0 Å². The number of carbonyl (C=O) groups excluding carboxylic acids is 1. The Morgan fingerprint density at radius 3 is 2.38 bits per heavy atom. The largest absolute Gasteiger partial charge is 0.469 e. The molecule has 3 heteroatoms. The lowest BCUT2D eigenvalue weighted by molar-refractivity contribution is -0.146. The highest BCUT2D eigenvalue weighted by Crippen LogP contribution is 1.93. The van der Waals surface area contributed by atoms with Gasteiger partial charge in [-0.25, -0.2) is 5.11 Å². The van der Waals surface area contributed by atoms with Crippen LogP contribution in [0.5, 0.6) is 0 Å². The number of rotatable bonds is 2. The number of carbonyl (C=O) groups is 1. The van der Waals surface area contributed by atoms with Crippen LogP contribution in [0.3, 0.4) is 0 Å². The van der Waals surface area contributed by atoms with E-state index < -0.39 is 18.5 Å². The average Bonchev–Trinajstić information content (AvgIpc) is 1.84. The van der Waals surface area contributed by atoms with Crippen molar-refractivity contribution in [2.24, 2.45) is 5.92 Å². The molecular weight excluding hydrogens is 108 g/mol. The smallest absolute Gasteiger partial charge is 0.310 e. The van der Waals surface area contributed by atoms with Crippen LogP contribution in [-0.2, 0) is 14.6 Å². The van der Waals surface area contributed by atoms with Gasteiger partial charge < -0.3 is 4.74 Å². The zero-order valence-corrected chi connectivity index (χ0v) is 5.01. The molecule has 47 valence electrons. The summed E-state index contributed by atoms with van der Waals surface area (Å²) in [6.45, 7) is 1.14. The van der Waals surface area contributed by atoms with Crippen LogP contribution in [0, 0.1) is 5.92 Å². The van der Waals surface area contributed by atoms with Gasteiger partial charge in [0.15, 0.2) is 0 Å². The van der Waals surface area contributed by atoms with Gasteiger partial charge in [-0.05, 0) is 6.92 Å². The van der Waals surface area contributed by atoms with E-state index in [0.717, 1.165) is 0 Å². The van der Waals surface area contributed by atoms with Crippen molar-refractivity contribution in [2.45, 2.75) is 6.92 Å². The van der Waals surface area contributed by atoms with E-state index in [1.807, 2.05) is 0 Å². The highest BCUT2D eigenvalue weighted by atomic mass is 16.5. The number of methoxy groups -OCH3 is 1. The van der Waals surface area contributed by atoms with Crippen LogP contribution in [0.2, 0.25) is 0 Å². The predicted octanol–water partition coefficient (Wildman–Crippen LogP) is 0.226. The van der Waals surface area contributed by atoms with E-state index in [4.69, 9.17) is 0 Å². The first-order valence-electron chi connectivity index (χ1n) is 2.38. The van der Waals surface area contributed by atoms with Crippen molar-refractivity contribution in [3.05, 3.63) is 0 Å². The van der Waals surface area contributed by atoms with E-state index in [2.05, 4.69) is 4.74 Å². The standard InChI is InChI=1S/C5H9O3/c1-4(3-6)5(7)8-2/h4H,3H2,1-2H3. The van der Waals surface area contributed by atoms with Gasteiger partial charge in [0.25, 0.3) is 0 Å². The topological polar surface area (TPSA) is 46.2 Å². The molecule has 0 aliphatic carbocycles. The summed E-state index contributed by atoms with van der Waals surface area (Å²) >= 11 is 0. The number of ether oxygens (including phenoxy) is 1. The fourth-order valence-electron chi connectivity index (χ4n) is 0.269. The summed E-state index contributed by atoms with van der Waals surface area (Å²) in [5.74, 6) is -0.931. The molecule has 0 fully saturated rings. The second-order valence-electron chi connectivity index (χ2n) is 1.59. The third-order valence-corrected chi connectivity index (χ3v) is 0.854. The Labute approximate surface area is 48.3 Å². The zero-order chi connectivity index (χ0) is 6.57. The van der Waals surface area contributed by atoms with E-state index in [0.29, 0.717) is 0 Å². The molecule has 0 spiro atoms. The number of hydrogen-bond donors (Lipinski definition) is 0. The van der Waals surface area contributed by atoms with Crippen LogP contribution < -0.4 is 0 Å². The molecule has 0 aromatic rings. The Morgan fingerprint density at radius 2 is 2.25 bits per heavy atom. The Morgan fingerprint density at radius 1 is 1.75 bits per heavy atom. The van der Waals surface area contributed by atoms with Crippen molar-refractivity contribution in [1.82, 2.24) is 0 Å². The van der Waals surface area contributed by atoms with Crippen molar-refractivity contribution < 1.29 is 14.6 Å². The van der Waals surface area contributed by atoms with E-state index in [1.54, 1.807) is 6.92 Å². The fourth-order valence-corrected chi connectivity index (χ4v) is 0.269.